The van der Waals surface area contributed by atoms with Crippen molar-refractivity contribution in [2.75, 3.05) is 0 Å². The van der Waals surface area contributed by atoms with Crippen LogP contribution in [0.3, 0.4) is 0 Å². The Morgan fingerprint density at radius 1 is 0.833 bits per heavy atom. The number of rotatable bonds is 0. The van der Waals surface area contributed by atoms with Gasteiger partial charge in [-0.1, -0.05) is 66.2 Å². The lowest BCUT2D eigenvalue weighted by molar-refractivity contribution is 0.572. The summed E-state index contributed by atoms with van der Waals surface area (Å²) in [6.45, 7) is 16.6. The minimum absolute atomic E-state index is 0.833. The number of fused-ring (bicyclic) bond motifs is 1. The van der Waals surface area contributed by atoms with Crippen LogP contribution in [0.15, 0.2) is 35.1 Å². The summed E-state index contributed by atoms with van der Waals surface area (Å²) >= 11 is 0. The first-order chi connectivity index (χ1) is 8.59. The van der Waals surface area contributed by atoms with Gasteiger partial charge in [-0.3, -0.25) is 0 Å². The SMILES string of the molecule is CC.CC.CC(C)C.Cc1ccc2cocc2c1. The molecule has 0 aliphatic heterocycles. The molecule has 2 rings (SSSR count). The molecule has 0 fully saturated rings. The summed E-state index contributed by atoms with van der Waals surface area (Å²) in [7, 11) is 0. The van der Waals surface area contributed by atoms with Crippen LogP contribution in [-0.2, 0) is 0 Å². The Bertz CT molecular complexity index is 382. The smallest absolute Gasteiger partial charge is 0.0981 e. The first kappa shape index (κ1) is 19.1. The third-order valence-electron chi connectivity index (χ3n) is 1.63. The largest absolute Gasteiger partial charge is 0.471 e. The quantitative estimate of drug-likeness (QED) is 0.523. The van der Waals surface area contributed by atoms with Crippen LogP contribution in [-0.4, -0.2) is 0 Å². The fourth-order valence-corrected chi connectivity index (χ4v) is 1.08. The molecule has 0 aliphatic carbocycles. The third kappa shape index (κ3) is 8.86. The fourth-order valence-electron chi connectivity index (χ4n) is 1.08. The minimum atomic E-state index is 0.833. The predicted molar refractivity (Wildman–Crippen MR) is 84.2 cm³/mol. The maximum atomic E-state index is 5.02. The van der Waals surface area contributed by atoms with Crippen LogP contribution >= 0.6 is 0 Å². The van der Waals surface area contributed by atoms with Crippen molar-refractivity contribution in [3.63, 3.8) is 0 Å². The molecule has 1 aromatic heterocycles. The Kier molecular flexibility index (Phi) is 13.0. The summed E-state index contributed by atoms with van der Waals surface area (Å²) in [5, 5.41) is 2.35. The molecule has 1 heterocycles. The van der Waals surface area contributed by atoms with Gasteiger partial charge in [-0.05, 0) is 18.9 Å². The zero-order valence-electron chi connectivity index (χ0n) is 13.4. The molecule has 1 nitrogen and oxygen atoms in total. The lowest BCUT2D eigenvalue weighted by atomic mass is 10.1. The van der Waals surface area contributed by atoms with Crippen LogP contribution < -0.4 is 0 Å². The van der Waals surface area contributed by atoms with Gasteiger partial charge in [0.25, 0.3) is 0 Å². The lowest BCUT2D eigenvalue weighted by Gasteiger charge is -1.88. The molecule has 0 spiro atoms. The van der Waals surface area contributed by atoms with Crippen LogP contribution in [0.4, 0.5) is 0 Å². The molecule has 0 saturated heterocycles. The molecule has 0 aliphatic rings. The second-order valence-electron chi connectivity index (χ2n) is 4.24. The van der Waals surface area contributed by atoms with Gasteiger partial charge in [0.2, 0.25) is 0 Å². The summed E-state index contributed by atoms with van der Waals surface area (Å²) in [4.78, 5) is 0. The van der Waals surface area contributed by atoms with E-state index >= 15 is 0 Å². The van der Waals surface area contributed by atoms with Crippen LogP contribution in [0.1, 0.15) is 54.0 Å². The van der Waals surface area contributed by atoms with Gasteiger partial charge < -0.3 is 4.42 Å². The fraction of sp³-hybridized carbons (Fsp3) is 0.529. The predicted octanol–water partition coefficient (Wildman–Crippen LogP) is 6.46. The third-order valence-corrected chi connectivity index (χ3v) is 1.63. The van der Waals surface area contributed by atoms with Crippen LogP contribution in [0, 0.1) is 12.8 Å². The van der Waals surface area contributed by atoms with E-state index in [1.54, 1.807) is 12.5 Å². The first-order valence-corrected chi connectivity index (χ1v) is 7.02. The summed E-state index contributed by atoms with van der Waals surface area (Å²) < 4.78 is 5.02. The van der Waals surface area contributed by atoms with Gasteiger partial charge in [0.05, 0.1) is 12.5 Å². The Balaban J connectivity index is 0. The number of furan rings is 1. The molecule has 0 N–H and O–H groups in total. The van der Waals surface area contributed by atoms with Gasteiger partial charge in [-0.2, -0.15) is 0 Å². The highest BCUT2D eigenvalue weighted by Gasteiger charge is 1.92. The van der Waals surface area contributed by atoms with E-state index in [0.717, 1.165) is 5.92 Å². The van der Waals surface area contributed by atoms with E-state index in [4.69, 9.17) is 4.42 Å². The first-order valence-electron chi connectivity index (χ1n) is 7.02. The molecule has 0 atom stereocenters. The molecule has 0 saturated carbocycles. The summed E-state index contributed by atoms with van der Waals surface area (Å²) in [6, 6.07) is 6.25. The van der Waals surface area contributed by atoms with Gasteiger partial charge in [0.15, 0.2) is 0 Å². The topological polar surface area (TPSA) is 13.1 Å². The van der Waals surface area contributed by atoms with Crippen molar-refractivity contribution in [2.45, 2.75) is 55.4 Å². The van der Waals surface area contributed by atoms with E-state index in [2.05, 4.69) is 45.9 Å². The molecule has 0 amide bonds. The maximum Gasteiger partial charge on any atom is 0.0981 e. The molecule has 104 valence electrons. The van der Waals surface area contributed by atoms with E-state index in [1.165, 1.54) is 16.3 Å². The van der Waals surface area contributed by atoms with Crippen molar-refractivity contribution in [3.05, 3.63) is 36.3 Å². The van der Waals surface area contributed by atoms with Crippen molar-refractivity contribution >= 4 is 10.8 Å². The zero-order valence-corrected chi connectivity index (χ0v) is 13.4. The van der Waals surface area contributed by atoms with Gasteiger partial charge in [0.1, 0.15) is 0 Å². The van der Waals surface area contributed by atoms with Crippen molar-refractivity contribution < 1.29 is 4.42 Å². The normalized spacial score (nSPS) is 8.50. The highest BCUT2D eigenvalue weighted by molar-refractivity contribution is 5.81. The highest BCUT2D eigenvalue weighted by atomic mass is 16.3. The second-order valence-corrected chi connectivity index (χ2v) is 4.24. The Hall–Kier alpha value is -1.24. The molecule has 2 aromatic rings. The van der Waals surface area contributed by atoms with Gasteiger partial charge in [-0.25, -0.2) is 0 Å². The summed E-state index contributed by atoms with van der Waals surface area (Å²) in [6.07, 6.45) is 3.52. The van der Waals surface area contributed by atoms with E-state index in [1.807, 2.05) is 27.7 Å². The second kappa shape index (κ2) is 12.2. The molecular weight excluding hydrogens is 220 g/mol. The van der Waals surface area contributed by atoms with E-state index in [-0.39, 0.29) is 0 Å². The average Bonchev–Trinajstić information content (AvgIpc) is 2.80. The van der Waals surface area contributed by atoms with Gasteiger partial charge in [0, 0.05) is 10.8 Å². The monoisotopic (exact) mass is 250 g/mol. The average molecular weight is 250 g/mol. The van der Waals surface area contributed by atoms with Crippen LogP contribution in [0.25, 0.3) is 10.8 Å². The molecule has 0 radical (unpaired) electrons. The number of benzene rings is 1. The van der Waals surface area contributed by atoms with E-state index in [0.29, 0.717) is 0 Å². The van der Waals surface area contributed by atoms with Crippen molar-refractivity contribution in [1.29, 1.82) is 0 Å². The summed E-state index contributed by atoms with van der Waals surface area (Å²) in [5.41, 5.74) is 1.27. The van der Waals surface area contributed by atoms with Crippen molar-refractivity contribution in [3.8, 4) is 0 Å². The lowest BCUT2D eigenvalue weighted by Crippen LogP contribution is -1.67. The van der Waals surface area contributed by atoms with E-state index in [9.17, 15) is 0 Å². The van der Waals surface area contributed by atoms with Crippen molar-refractivity contribution in [1.82, 2.24) is 0 Å². The number of aryl methyl sites for hydroxylation is 1. The molecule has 0 bridgehead atoms. The van der Waals surface area contributed by atoms with Crippen LogP contribution in [0.5, 0.6) is 0 Å². The Labute approximate surface area is 113 Å². The van der Waals surface area contributed by atoms with Gasteiger partial charge in [-0.15, -0.1) is 0 Å². The molecular formula is C17H30O. The van der Waals surface area contributed by atoms with Crippen molar-refractivity contribution in [2.24, 2.45) is 5.92 Å². The Morgan fingerprint density at radius 3 is 1.78 bits per heavy atom. The van der Waals surface area contributed by atoms with E-state index < -0.39 is 0 Å². The van der Waals surface area contributed by atoms with Crippen LogP contribution in [0.2, 0.25) is 0 Å². The number of hydrogen-bond acceptors (Lipinski definition) is 1. The van der Waals surface area contributed by atoms with Gasteiger partial charge >= 0.3 is 0 Å². The highest BCUT2D eigenvalue weighted by Crippen LogP contribution is 2.15. The maximum absolute atomic E-state index is 5.02. The standard InChI is InChI=1S/C9H8O.C4H10.2C2H6/c1-7-2-3-8-5-10-6-9(8)4-7;1-4(2)3;2*1-2/h2-6H,1H3;4H,1-3H3;2*1-2H3. The minimum Gasteiger partial charge on any atom is -0.471 e. The molecule has 1 heteroatoms. The molecule has 18 heavy (non-hydrogen) atoms. The number of hydrogen-bond donors (Lipinski definition) is 0. The summed E-state index contributed by atoms with van der Waals surface area (Å²) in [5.74, 6) is 0.833. The Morgan fingerprint density at radius 2 is 1.28 bits per heavy atom. The molecule has 0 unspecified atom stereocenters. The zero-order chi connectivity index (χ0) is 14.6. The molecule has 1 aromatic carbocycles.